The number of hydrogen-bond acceptors (Lipinski definition) is 7. The van der Waals surface area contributed by atoms with Crippen LogP contribution >= 0.6 is 0 Å². The van der Waals surface area contributed by atoms with E-state index in [1.165, 1.54) is 30.5 Å². The van der Waals surface area contributed by atoms with Crippen molar-refractivity contribution in [3.8, 4) is 0 Å². The van der Waals surface area contributed by atoms with Crippen molar-refractivity contribution in [1.82, 2.24) is 4.98 Å². The third-order valence-corrected chi connectivity index (χ3v) is 3.29. The first-order valence-electron chi connectivity index (χ1n) is 8.14. The summed E-state index contributed by atoms with van der Waals surface area (Å²) < 4.78 is 18.2. The number of hydrogen-bond donors (Lipinski definition) is 2. The highest BCUT2D eigenvalue weighted by molar-refractivity contribution is 6.51. The molecule has 0 saturated carbocycles. The number of ketones is 1. The van der Waals surface area contributed by atoms with E-state index in [1.807, 2.05) is 0 Å². The number of halogens is 1. The fourth-order valence-corrected chi connectivity index (χ4v) is 2.19. The minimum Gasteiger partial charge on any atom is -0.459 e. The fourth-order valence-electron chi connectivity index (χ4n) is 2.19. The number of esters is 1. The van der Waals surface area contributed by atoms with Crippen molar-refractivity contribution in [3.63, 3.8) is 0 Å². The maximum absolute atomic E-state index is 13.0. The Morgan fingerprint density at radius 1 is 1.19 bits per heavy atom. The predicted octanol–water partition coefficient (Wildman–Crippen LogP) is 3.04. The smallest absolute Gasteiger partial charge is 0.325 e. The maximum atomic E-state index is 13.0. The Balaban J connectivity index is 2.13. The van der Waals surface area contributed by atoms with Gasteiger partial charge in [0.1, 0.15) is 23.8 Å². The number of aromatic nitrogens is 1. The van der Waals surface area contributed by atoms with Crippen LogP contribution < -0.4 is 5.32 Å². The van der Waals surface area contributed by atoms with Crippen molar-refractivity contribution < 1.29 is 23.9 Å². The lowest BCUT2D eigenvalue weighted by molar-refractivity contribution is -0.152. The molecular weight excluding hydrogens is 353 g/mol. The molecule has 2 aromatic rings. The molecule has 142 valence electrons. The topological polar surface area (TPSA) is 101 Å². The molecule has 2 rings (SSSR count). The zero-order valence-electron chi connectivity index (χ0n) is 15.2. The van der Waals surface area contributed by atoms with Gasteiger partial charge in [-0.15, -0.1) is 0 Å². The van der Waals surface area contributed by atoms with Gasteiger partial charge in [0.2, 0.25) is 5.78 Å². The van der Waals surface area contributed by atoms with Crippen LogP contribution in [0.25, 0.3) is 0 Å². The summed E-state index contributed by atoms with van der Waals surface area (Å²) >= 11 is 0. The molecular formula is C19H20FN3O4. The molecule has 0 aliphatic rings. The lowest BCUT2D eigenvalue weighted by Gasteiger charge is -2.19. The number of nitrogens with one attached hydrogen (secondary N) is 1. The number of nitrogens with zero attached hydrogens (tertiary/aromatic N) is 2. The molecule has 0 fully saturated rings. The highest BCUT2D eigenvalue weighted by Crippen LogP contribution is 2.13. The van der Waals surface area contributed by atoms with E-state index in [4.69, 9.17) is 4.74 Å². The predicted molar refractivity (Wildman–Crippen MR) is 97.6 cm³/mol. The largest absolute Gasteiger partial charge is 0.459 e. The first-order chi connectivity index (χ1) is 12.7. The average molecular weight is 373 g/mol. The number of ether oxygens (including phenoxy) is 1. The van der Waals surface area contributed by atoms with Gasteiger partial charge in [0.15, 0.2) is 5.71 Å². The second-order valence-electron chi connectivity index (χ2n) is 6.65. The van der Waals surface area contributed by atoms with Gasteiger partial charge in [0, 0.05) is 17.3 Å². The summed E-state index contributed by atoms with van der Waals surface area (Å²) in [5.74, 6) is -1.23. The van der Waals surface area contributed by atoms with E-state index < -0.39 is 23.2 Å². The number of anilines is 1. The monoisotopic (exact) mass is 373 g/mol. The number of rotatable bonds is 6. The normalized spacial score (nSPS) is 11.8. The SMILES string of the molecule is CC(C)(C)OC(=O)CNc1cc(C(=NO)C(=O)c2ccc(F)cc2)ccn1. The molecule has 1 aromatic heterocycles. The van der Waals surface area contributed by atoms with Crippen molar-refractivity contribution in [2.24, 2.45) is 5.16 Å². The van der Waals surface area contributed by atoms with E-state index in [9.17, 15) is 19.2 Å². The van der Waals surface area contributed by atoms with Crippen molar-refractivity contribution in [1.29, 1.82) is 0 Å². The number of Topliss-reactive ketones (excluding diaryl/α,β-unsaturated/α-hetero) is 1. The van der Waals surface area contributed by atoms with Crippen LogP contribution in [0.4, 0.5) is 10.2 Å². The third kappa shape index (κ3) is 5.88. The van der Waals surface area contributed by atoms with Gasteiger partial charge in [0.25, 0.3) is 0 Å². The lowest BCUT2D eigenvalue weighted by atomic mass is 10.0. The molecule has 0 aliphatic carbocycles. The van der Waals surface area contributed by atoms with Crippen LogP contribution in [0.3, 0.4) is 0 Å². The summed E-state index contributed by atoms with van der Waals surface area (Å²) in [6, 6.07) is 7.82. The zero-order chi connectivity index (χ0) is 20.0. The van der Waals surface area contributed by atoms with E-state index in [0.717, 1.165) is 12.1 Å². The molecule has 8 heteroatoms. The molecule has 1 heterocycles. The van der Waals surface area contributed by atoms with Crippen molar-refractivity contribution in [2.45, 2.75) is 26.4 Å². The average Bonchev–Trinajstić information content (AvgIpc) is 2.60. The fraction of sp³-hybridized carbons (Fsp3) is 0.263. The molecule has 2 N–H and O–H groups in total. The van der Waals surface area contributed by atoms with Gasteiger partial charge in [-0.2, -0.15) is 0 Å². The van der Waals surface area contributed by atoms with Crippen LogP contribution in [0.5, 0.6) is 0 Å². The number of carbonyl (C=O) groups is 2. The highest BCUT2D eigenvalue weighted by Gasteiger charge is 2.19. The Bertz CT molecular complexity index is 858. The molecule has 27 heavy (non-hydrogen) atoms. The number of carbonyl (C=O) groups excluding carboxylic acids is 2. The van der Waals surface area contributed by atoms with Crippen molar-refractivity contribution in [3.05, 3.63) is 59.5 Å². The van der Waals surface area contributed by atoms with Crippen LogP contribution in [-0.2, 0) is 9.53 Å². The van der Waals surface area contributed by atoms with E-state index in [-0.39, 0.29) is 23.4 Å². The van der Waals surface area contributed by atoms with Crippen LogP contribution in [0.15, 0.2) is 47.8 Å². The minimum absolute atomic E-state index is 0.120. The standard InChI is InChI=1S/C19H20FN3O4/c1-19(2,3)27-16(24)11-22-15-10-13(8-9-21-15)17(23-26)18(25)12-4-6-14(20)7-5-12/h4-10,26H,11H2,1-3H3,(H,21,22). The van der Waals surface area contributed by atoms with Gasteiger partial charge in [-0.05, 0) is 57.2 Å². The third-order valence-electron chi connectivity index (χ3n) is 3.29. The summed E-state index contributed by atoms with van der Waals surface area (Å²) in [6.45, 7) is 5.16. The first kappa shape index (κ1) is 20.0. The number of oxime groups is 1. The second-order valence-corrected chi connectivity index (χ2v) is 6.65. The van der Waals surface area contributed by atoms with Crippen LogP contribution in [0, 0.1) is 5.82 Å². The van der Waals surface area contributed by atoms with Crippen molar-refractivity contribution in [2.75, 3.05) is 11.9 Å². The molecule has 0 aliphatic heterocycles. The summed E-state index contributed by atoms with van der Waals surface area (Å²) in [6.07, 6.45) is 1.40. The molecule has 0 saturated heterocycles. The molecule has 0 unspecified atom stereocenters. The molecule has 1 aromatic carbocycles. The van der Waals surface area contributed by atoms with Gasteiger partial charge in [-0.25, -0.2) is 9.37 Å². The van der Waals surface area contributed by atoms with Gasteiger partial charge < -0.3 is 15.3 Å². The van der Waals surface area contributed by atoms with Crippen LogP contribution in [-0.4, -0.2) is 39.8 Å². The van der Waals surface area contributed by atoms with Crippen LogP contribution in [0.2, 0.25) is 0 Å². The van der Waals surface area contributed by atoms with E-state index >= 15 is 0 Å². The molecule has 7 nitrogen and oxygen atoms in total. The van der Waals surface area contributed by atoms with Gasteiger partial charge in [0.05, 0.1) is 0 Å². The summed E-state index contributed by atoms with van der Waals surface area (Å²) in [5, 5.41) is 15.1. The molecule has 0 amide bonds. The summed E-state index contributed by atoms with van der Waals surface area (Å²) in [7, 11) is 0. The van der Waals surface area contributed by atoms with Crippen molar-refractivity contribution >= 4 is 23.3 Å². The van der Waals surface area contributed by atoms with E-state index in [0.29, 0.717) is 5.82 Å². The summed E-state index contributed by atoms with van der Waals surface area (Å²) in [4.78, 5) is 28.3. The minimum atomic E-state index is -0.605. The Kier molecular flexibility index (Phi) is 6.23. The zero-order valence-corrected chi connectivity index (χ0v) is 15.2. The lowest BCUT2D eigenvalue weighted by Crippen LogP contribution is -2.28. The van der Waals surface area contributed by atoms with Crippen LogP contribution in [0.1, 0.15) is 36.7 Å². The number of pyridine rings is 1. The first-order valence-corrected chi connectivity index (χ1v) is 8.14. The van der Waals surface area contributed by atoms with Gasteiger partial charge >= 0.3 is 5.97 Å². The molecule has 0 bridgehead atoms. The molecule has 0 radical (unpaired) electrons. The van der Waals surface area contributed by atoms with Gasteiger partial charge in [-0.3, -0.25) is 9.59 Å². The van der Waals surface area contributed by atoms with E-state index in [2.05, 4.69) is 15.5 Å². The Morgan fingerprint density at radius 3 is 2.44 bits per heavy atom. The number of benzene rings is 1. The Labute approximate surface area is 155 Å². The molecule has 0 spiro atoms. The summed E-state index contributed by atoms with van der Waals surface area (Å²) in [5.41, 5.74) is -0.381. The van der Waals surface area contributed by atoms with Gasteiger partial charge in [-0.1, -0.05) is 5.16 Å². The quantitative estimate of drug-likeness (QED) is 0.265. The Morgan fingerprint density at radius 2 is 1.85 bits per heavy atom. The van der Waals surface area contributed by atoms with E-state index in [1.54, 1.807) is 20.8 Å². The molecule has 0 atom stereocenters. The highest BCUT2D eigenvalue weighted by atomic mass is 19.1. The maximum Gasteiger partial charge on any atom is 0.325 e. The second kappa shape index (κ2) is 8.39. The Hall–Kier alpha value is -3.29.